The molecular formula is C20H23BrN2O5S. The Bertz CT molecular complexity index is 979. The second kappa shape index (κ2) is 10.4. The summed E-state index contributed by atoms with van der Waals surface area (Å²) in [5, 5.41) is 2.64. The second-order valence-corrected chi connectivity index (χ2v) is 8.50. The summed E-state index contributed by atoms with van der Waals surface area (Å²) in [6.45, 7) is 7.73. The molecule has 1 amide bonds. The summed E-state index contributed by atoms with van der Waals surface area (Å²) in [4.78, 5) is 12.2. The van der Waals surface area contributed by atoms with Crippen LogP contribution in [0.4, 0.5) is 11.4 Å². The van der Waals surface area contributed by atoms with Crippen molar-refractivity contribution in [2.45, 2.75) is 24.8 Å². The summed E-state index contributed by atoms with van der Waals surface area (Å²) < 4.78 is 39.3. The number of sulfonamides is 1. The molecule has 0 bridgehead atoms. The molecule has 0 spiro atoms. The van der Waals surface area contributed by atoms with E-state index in [0.717, 1.165) is 0 Å². The van der Waals surface area contributed by atoms with Crippen molar-refractivity contribution >= 4 is 43.2 Å². The van der Waals surface area contributed by atoms with E-state index in [-0.39, 0.29) is 17.4 Å². The van der Waals surface area contributed by atoms with Crippen LogP contribution in [0.3, 0.4) is 0 Å². The van der Waals surface area contributed by atoms with Crippen molar-refractivity contribution in [2.75, 3.05) is 23.3 Å². The third kappa shape index (κ3) is 6.59. The van der Waals surface area contributed by atoms with Crippen molar-refractivity contribution in [3.63, 3.8) is 0 Å². The first-order valence-corrected chi connectivity index (χ1v) is 11.1. The van der Waals surface area contributed by atoms with Gasteiger partial charge in [0.15, 0.2) is 0 Å². The molecule has 2 N–H and O–H groups in total. The normalized spacial score (nSPS) is 12.1. The second-order valence-electron chi connectivity index (χ2n) is 5.97. The summed E-state index contributed by atoms with van der Waals surface area (Å²) >= 11 is 3.36. The van der Waals surface area contributed by atoms with Gasteiger partial charge >= 0.3 is 0 Å². The van der Waals surface area contributed by atoms with Gasteiger partial charge < -0.3 is 14.8 Å². The van der Waals surface area contributed by atoms with Gasteiger partial charge in [-0.2, -0.15) is 0 Å². The Hall–Kier alpha value is -2.36. The number of hydrogen-bond acceptors (Lipinski definition) is 5. The zero-order chi connectivity index (χ0) is 21.4. The molecular weight excluding hydrogens is 460 g/mol. The van der Waals surface area contributed by atoms with E-state index in [1.807, 2.05) is 6.92 Å². The van der Waals surface area contributed by atoms with Gasteiger partial charge in [-0.15, -0.1) is 6.58 Å². The molecule has 0 radical (unpaired) electrons. The lowest BCUT2D eigenvalue weighted by molar-refractivity contribution is -0.125. The smallest absolute Gasteiger partial charge is 0.261 e. The van der Waals surface area contributed by atoms with Crippen molar-refractivity contribution in [1.29, 1.82) is 0 Å². The Labute approximate surface area is 179 Å². The van der Waals surface area contributed by atoms with E-state index >= 15 is 0 Å². The fourth-order valence-corrected chi connectivity index (χ4v) is 3.91. The average molecular weight is 483 g/mol. The number of carbonyl (C=O) groups excluding carboxylic acids is 1. The SMILES string of the molecule is C=CCOC(C)C(=O)Nc1cccc(S(=O)(=O)Nc2ccc(OCC)c(Br)c2)c1. The average Bonchev–Trinajstić information content (AvgIpc) is 2.68. The monoisotopic (exact) mass is 482 g/mol. The minimum Gasteiger partial charge on any atom is -0.493 e. The Morgan fingerprint density at radius 2 is 2.00 bits per heavy atom. The lowest BCUT2D eigenvalue weighted by atomic mass is 10.3. The molecule has 0 aliphatic carbocycles. The fourth-order valence-electron chi connectivity index (χ4n) is 2.32. The first-order valence-electron chi connectivity index (χ1n) is 8.85. The molecule has 0 heterocycles. The number of benzene rings is 2. The number of anilines is 2. The number of ether oxygens (including phenoxy) is 2. The topological polar surface area (TPSA) is 93.7 Å². The van der Waals surface area contributed by atoms with E-state index < -0.39 is 16.1 Å². The molecule has 0 aliphatic rings. The van der Waals surface area contributed by atoms with Crippen molar-refractivity contribution in [1.82, 2.24) is 0 Å². The Kier molecular flexibility index (Phi) is 8.24. The Balaban J connectivity index is 2.15. The molecule has 0 saturated carbocycles. The Morgan fingerprint density at radius 1 is 1.24 bits per heavy atom. The summed E-state index contributed by atoms with van der Waals surface area (Å²) in [6, 6.07) is 10.9. The number of carbonyl (C=O) groups is 1. The number of amides is 1. The highest BCUT2D eigenvalue weighted by Crippen LogP contribution is 2.29. The highest BCUT2D eigenvalue weighted by Gasteiger charge is 2.18. The van der Waals surface area contributed by atoms with Crippen LogP contribution in [0.5, 0.6) is 5.75 Å². The lowest BCUT2D eigenvalue weighted by Gasteiger charge is -2.14. The van der Waals surface area contributed by atoms with Gasteiger partial charge in [0.2, 0.25) is 0 Å². The largest absolute Gasteiger partial charge is 0.493 e. The molecule has 2 aromatic rings. The van der Waals surface area contributed by atoms with Crippen LogP contribution in [0.2, 0.25) is 0 Å². The third-order valence-electron chi connectivity index (χ3n) is 3.73. The molecule has 0 aromatic heterocycles. The summed E-state index contributed by atoms with van der Waals surface area (Å²) in [5.41, 5.74) is 0.723. The van der Waals surface area contributed by atoms with Crippen LogP contribution in [0.1, 0.15) is 13.8 Å². The first kappa shape index (κ1) is 22.9. The summed E-state index contributed by atoms with van der Waals surface area (Å²) in [5.74, 6) is 0.234. The van der Waals surface area contributed by atoms with Crippen LogP contribution >= 0.6 is 15.9 Å². The highest BCUT2D eigenvalue weighted by atomic mass is 79.9. The van der Waals surface area contributed by atoms with Crippen molar-refractivity contribution in [3.05, 3.63) is 59.6 Å². The van der Waals surface area contributed by atoms with Crippen LogP contribution in [0, 0.1) is 0 Å². The molecule has 0 aliphatic heterocycles. The maximum Gasteiger partial charge on any atom is 0.261 e. The molecule has 7 nitrogen and oxygen atoms in total. The predicted octanol–water partition coefficient (Wildman–Crippen LogP) is 4.18. The molecule has 2 rings (SSSR count). The molecule has 9 heteroatoms. The fraction of sp³-hybridized carbons (Fsp3) is 0.250. The summed E-state index contributed by atoms with van der Waals surface area (Å²) in [6.07, 6.45) is 0.842. The van der Waals surface area contributed by atoms with Gasteiger partial charge in [-0.1, -0.05) is 12.1 Å². The van der Waals surface area contributed by atoms with Gasteiger partial charge in [-0.25, -0.2) is 8.42 Å². The summed E-state index contributed by atoms with van der Waals surface area (Å²) in [7, 11) is -3.86. The van der Waals surface area contributed by atoms with Gasteiger partial charge in [0.1, 0.15) is 11.9 Å². The quantitative estimate of drug-likeness (QED) is 0.495. The van der Waals surface area contributed by atoms with Gasteiger partial charge in [-0.05, 0) is 66.2 Å². The minimum atomic E-state index is -3.86. The maximum atomic E-state index is 12.7. The van der Waals surface area contributed by atoms with Crippen molar-refractivity contribution in [3.8, 4) is 5.75 Å². The number of halogens is 1. The van der Waals surface area contributed by atoms with E-state index in [4.69, 9.17) is 9.47 Å². The molecule has 0 fully saturated rings. The predicted molar refractivity (Wildman–Crippen MR) is 117 cm³/mol. The molecule has 0 saturated heterocycles. The van der Waals surface area contributed by atoms with E-state index in [9.17, 15) is 13.2 Å². The van der Waals surface area contributed by atoms with Crippen LogP contribution < -0.4 is 14.8 Å². The van der Waals surface area contributed by atoms with Gasteiger partial charge in [0, 0.05) is 5.69 Å². The number of rotatable bonds is 10. The molecule has 1 unspecified atom stereocenters. The zero-order valence-corrected chi connectivity index (χ0v) is 18.5. The molecule has 2 aromatic carbocycles. The molecule has 156 valence electrons. The van der Waals surface area contributed by atoms with Gasteiger partial charge in [-0.3, -0.25) is 9.52 Å². The van der Waals surface area contributed by atoms with E-state index in [0.29, 0.717) is 28.2 Å². The van der Waals surface area contributed by atoms with E-state index in [1.54, 1.807) is 43.3 Å². The number of nitrogens with one attached hydrogen (secondary N) is 2. The zero-order valence-electron chi connectivity index (χ0n) is 16.1. The minimum absolute atomic E-state index is 0.0139. The van der Waals surface area contributed by atoms with Crippen molar-refractivity contribution < 1.29 is 22.7 Å². The standard InChI is InChI=1S/C20H23BrN2O5S/c1-4-11-28-14(3)20(24)22-15-7-6-8-17(12-15)29(25,26)23-16-9-10-19(27-5-2)18(21)13-16/h4,6-10,12-14,23H,1,5,11H2,2-3H3,(H,22,24). The highest BCUT2D eigenvalue weighted by molar-refractivity contribution is 9.10. The maximum absolute atomic E-state index is 12.7. The van der Waals surface area contributed by atoms with E-state index in [1.165, 1.54) is 12.1 Å². The van der Waals surface area contributed by atoms with Crippen LogP contribution in [-0.4, -0.2) is 33.6 Å². The van der Waals surface area contributed by atoms with Gasteiger partial charge in [0.25, 0.3) is 15.9 Å². The lowest BCUT2D eigenvalue weighted by Crippen LogP contribution is -2.27. The van der Waals surface area contributed by atoms with Crippen LogP contribution in [-0.2, 0) is 19.6 Å². The van der Waals surface area contributed by atoms with Crippen molar-refractivity contribution in [2.24, 2.45) is 0 Å². The van der Waals surface area contributed by atoms with Gasteiger partial charge in [0.05, 0.1) is 28.3 Å². The number of hydrogen-bond donors (Lipinski definition) is 2. The first-order chi connectivity index (χ1) is 13.8. The van der Waals surface area contributed by atoms with Crippen LogP contribution in [0.25, 0.3) is 0 Å². The molecule has 29 heavy (non-hydrogen) atoms. The molecule has 1 atom stereocenters. The van der Waals surface area contributed by atoms with Crippen LogP contribution in [0.15, 0.2) is 64.5 Å². The Morgan fingerprint density at radius 3 is 2.66 bits per heavy atom. The van der Waals surface area contributed by atoms with E-state index in [2.05, 4.69) is 32.5 Å². The third-order valence-corrected chi connectivity index (χ3v) is 5.73.